The first kappa shape index (κ1) is 15.3. The minimum atomic E-state index is -0.701. The largest absolute Gasteiger partial charge is 0.481 e. The molecule has 1 amide bonds. The fourth-order valence-corrected chi connectivity index (χ4v) is 3.80. The Hall–Kier alpha value is -1.06. The van der Waals surface area contributed by atoms with Crippen molar-refractivity contribution in [2.75, 3.05) is 13.1 Å². The first-order chi connectivity index (χ1) is 9.51. The highest BCUT2D eigenvalue weighted by molar-refractivity contribution is 5.80. The maximum Gasteiger partial charge on any atom is 0.306 e. The van der Waals surface area contributed by atoms with E-state index in [2.05, 4.69) is 13.8 Å². The smallest absolute Gasteiger partial charge is 0.306 e. The third kappa shape index (κ3) is 2.99. The maximum atomic E-state index is 12.6. The van der Waals surface area contributed by atoms with Crippen molar-refractivity contribution in [1.82, 2.24) is 4.90 Å². The molecule has 0 spiro atoms. The topological polar surface area (TPSA) is 57.6 Å². The summed E-state index contributed by atoms with van der Waals surface area (Å²) in [7, 11) is 0. The van der Waals surface area contributed by atoms with E-state index < -0.39 is 5.97 Å². The van der Waals surface area contributed by atoms with E-state index in [1.807, 2.05) is 4.90 Å². The summed E-state index contributed by atoms with van der Waals surface area (Å²) in [6, 6.07) is 0. The molecule has 0 unspecified atom stereocenters. The van der Waals surface area contributed by atoms with Crippen LogP contribution in [0.1, 0.15) is 58.8 Å². The number of carbonyl (C=O) groups excluding carboxylic acids is 1. The van der Waals surface area contributed by atoms with Crippen molar-refractivity contribution >= 4 is 11.9 Å². The van der Waals surface area contributed by atoms with Crippen LogP contribution in [0.25, 0.3) is 0 Å². The van der Waals surface area contributed by atoms with Gasteiger partial charge in [-0.3, -0.25) is 9.59 Å². The molecule has 1 aliphatic carbocycles. The first-order valence-electron chi connectivity index (χ1n) is 8.03. The van der Waals surface area contributed by atoms with E-state index in [-0.39, 0.29) is 17.7 Å². The lowest BCUT2D eigenvalue weighted by molar-refractivity contribution is -0.145. The normalized spacial score (nSPS) is 29.4. The van der Waals surface area contributed by atoms with E-state index in [4.69, 9.17) is 5.11 Å². The molecule has 2 fully saturated rings. The Labute approximate surface area is 121 Å². The second-order valence-corrected chi connectivity index (χ2v) is 6.60. The van der Waals surface area contributed by atoms with Gasteiger partial charge >= 0.3 is 5.97 Å². The SMILES string of the molecule is CCC1(CC)CCN(C(=O)C2CCC(C(=O)O)CC2)C1. The molecule has 1 saturated heterocycles. The highest BCUT2D eigenvalue weighted by Crippen LogP contribution is 2.39. The number of hydrogen-bond acceptors (Lipinski definition) is 2. The number of nitrogens with zero attached hydrogens (tertiary/aromatic N) is 1. The summed E-state index contributed by atoms with van der Waals surface area (Å²) in [6.45, 7) is 6.22. The third-order valence-corrected chi connectivity index (χ3v) is 5.68. The van der Waals surface area contributed by atoms with Crippen molar-refractivity contribution in [3.63, 3.8) is 0 Å². The lowest BCUT2D eigenvalue weighted by Crippen LogP contribution is -2.38. The molecule has 20 heavy (non-hydrogen) atoms. The maximum absolute atomic E-state index is 12.6. The molecule has 2 aliphatic rings. The quantitative estimate of drug-likeness (QED) is 0.862. The molecule has 4 nitrogen and oxygen atoms in total. The highest BCUT2D eigenvalue weighted by Gasteiger charge is 2.40. The van der Waals surface area contributed by atoms with Crippen LogP contribution in [0.5, 0.6) is 0 Å². The zero-order valence-electron chi connectivity index (χ0n) is 12.7. The Balaban J connectivity index is 1.89. The second-order valence-electron chi connectivity index (χ2n) is 6.60. The van der Waals surface area contributed by atoms with Gasteiger partial charge in [0, 0.05) is 19.0 Å². The monoisotopic (exact) mass is 281 g/mol. The van der Waals surface area contributed by atoms with Gasteiger partial charge in [-0.15, -0.1) is 0 Å². The van der Waals surface area contributed by atoms with Crippen molar-refractivity contribution in [3.05, 3.63) is 0 Å². The van der Waals surface area contributed by atoms with Crippen LogP contribution in [-0.2, 0) is 9.59 Å². The van der Waals surface area contributed by atoms with Crippen molar-refractivity contribution in [2.45, 2.75) is 58.8 Å². The van der Waals surface area contributed by atoms with Crippen LogP contribution in [0.4, 0.5) is 0 Å². The second kappa shape index (κ2) is 6.15. The summed E-state index contributed by atoms with van der Waals surface area (Å²) in [5, 5.41) is 9.01. The van der Waals surface area contributed by atoms with Gasteiger partial charge in [0.15, 0.2) is 0 Å². The van der Waals surface area contributed by atoms with E-state index >= 15 is 0 Å². The van der Waals surface area contributed by atoms with Crippen molar-refractivity contribution in [2.24, 2.45) is 17.3 Å². The van der Waals surface area contributed by atoms with Gasteiger partial charge in [-0.05, 0) is 50.4 Å². The van der Waals surface area contributed by atoms with Gasteiger partial charge in [-0.2, -0.15) is 0 Å². The van der Waals surface area contributed by atoms with Crippen molar-refractivity contribution in [1.29, 1.82) is 0 Å². The average Bonchev–Trinajstić information content (AvgIpc) is 2.92. The molecule has 0 aromatic carbocycles. The summed E-state index contributed by atoms with van der Waals surface area (Å²) >= 11 is 0. The fraction of sp³-hybridized carbons (Fsp3) is 0.875. The molecular formula is C16H27NO3. The van der Waals surface area contributed by atoms with Crippen molar-refractivity contribution < 1.29 is 14.7 Å². The van der Waals surface area contributed by atoms with Crippen LogP contribution >= 0.6 is 0 Å². The summed E-state index contributed by atoms with van der Waals surface area (Å²) in [4.78, 5) is 25.6. The Morgan fingerprint density at radius 1 is 1.10 bits per heavy atom. The number of likely N-dealkylation sites (tertiary alicyclic amines) is 1. The standard InChI is InChI=1S/C16H27NO3/c1-3-16(4-2)9-10-17(11-16)14(18)12-5-7-13(8-6-12)15(19)20/h12-13H,3-11H2,1-2H3,(H,19,20). The van der Waals surface area contributed by atoms with E-state index in [0.717, 1.165) is 45.2 Å². The summed E-state index contributed by atoms with van der Waals surface area (Å²) in [6.07, 6.45) is 6.21. The minimum Gasteiger partial charge on any atom is -0.481 e. The zero-order valence-corrected chi connectivity index (χ0v) is 12.7. The predicted molar refractivity (Wildman–Crippen MR) is 77.3 cm³/mol. The summed E-state index contributed by atoms with van der Waals surface area (Å²) < 4.78 is 0. The molecule has 1 saturated carbocycles. The van der Waals surface area contributed by atoms with Gasteiger partial charge in [-0.1, -0.05) is 13.8 Å². The minimum absolute atomic E-state index is 0.0649. The molecule has 0 atom stereocenters. The predicted octanol–water partition coefficient (Wildman–Crippen LogP) is 2.92. The lowest BCUT2D eigenvalue weighted by atomic mass is 9.80. The van der Waals surface area contributed by atoms with Gasteiger partial charge in [0.2, 0.25) is 5.91 Å². The van der Waals surface area contributed by atoms with Gasteiger partial charge in [0.1, 0.15) is 0 Å². The number of amides is 1. The summed E-state index contributed by atoms with van der Waals surface area (Å²) in [5.74, 6) is -0.594. The average molecular weight is 281 g/mol. The van der Waals surface area contributed by atoms with Gasteiger partial charge < -0.3 is 10.0 Å². The molecule has 0 aromatic rings. The highest BCUT2D eigenvalue weighted by atomic mass is 16.4. The Morgan fingerprint density at radius 2 is 1.65 bits per heavy atom. The van der Waals surface area contributed by atoms with Crippen LogP contribution in [0.15, 0.2) is 0 Å². The van der Waals surface area contributed by atoms with Gasteiger partial charge in [0.25, 0.3) is 0 Å². The molecule has 0 aromatic heterocycles. The first-order valence-corrected chi connectivity index (χ1v) is 8.03. The number of carboxylic acid groups (broad SMARTS) is 1. The molecule has 1 heterocycles. The summed E-state index contributed by atoms with van der Waals surface area (Å²) in [5.41, 5.74) is 0.327. The molecule has 4 heteroatoms. The number of rotatable bonds is 4. The van der Waals surface area contributed by atoms with Gasteiger partial charge in [0.05, 0.1) is 5.92 Å². The molecule has 114 valence electrons. The van der Waals surface area contributed by atoms with E-state index in [0.29, 0.717) is 18.3 Å². The van der Waals surface area contributed by atoms with Crippen LogP contribution in [0, 0.1) is 17.3 Å². The molecule has 2 rings (SSSR count). The molecule has 1 N–H and O–H groups in total. The van der Waals surface area contributed by atoms with Crippen LogP contribution in [0.3, 0.4) is 0 Å². The lowest BCUT2D eigenvalue weighted by Gasteiger charge is -2.30. The molecule has 0 bridgehead atoms. The number of hydrogen-bond donors (Lipinski definition) is 1. The van der Waals surface area contributed by atoms with Crippen LogP contribution < -0.4 is 0 Å². The molecule has 0 radical (unpaired) electrons. The van der Waals surface area contributed by atoms with Crippen LogP contribution in [0.2, 0.25) is 0 Å². The molecular weight excluding hydrogens is 254 g/mol. The molecule has 1 aliphatic heterocycles. The Bertz CT molecular complexity index is 368. The third-order valence-electron chi connectivity index (χ3n) is 5.68. The number of aliphatic carboxylic acids is 1. The number of carboxylic acids is 1. The van der Waals surface area contributed by atoms with E-state index in [1.54, 1.807) is 0 Å². The Morgan fingerprint density at radius 3 is 2.10 bits per heavy atom. The van der Waals surface area contributed by atoms with Crippen molar-refractivity contribution in [3.8, 4) is 0 Å². The van der Waals surface area contributed by atoms with Crippen LogP contribution in [-0.4, -0.2) is 35.0 Å². The number of carbonyl (C=O) groups is 2. The fourth-order valence-electron chi connectivity index (χ4n) is 3.80. The van der Waals surface area contributed by atoms with Gasteiger partial charge in [-0.25, -0.2) is 0 Å². The van der Waals surface area contributed by atoms with E-state index in [1.165, 1.54) is 0 Å². The zero-order chi connectivity index (χ0) is 14.8. The van der Waals surface area contributed by atoms with E-state index in [9.17, 15) is 9.59 Å². The Kier molecular flexibility index (Phi) is 4.71.